The number of aldehydes is 1. The molecule has 58 valence electrons. The molecule has 0 aromatic heterocycles. The first-order chi connectivity index (χ1) is 4.81. The molecule has 0 aromatic rings. The van der Waals surface area contributed by atoms with Gasteiger partial charge in [-0.1, -0.05) is 22.0 Å². The zero-order chi connectivity index (χ0) is 7.82. The fourth-order valence-corrected chi connectivity index (χ4v) is 1.18. The fourth-order valence-electron chi connectivity index (χ4n) is 0.706. The van der Waals surface area contributed by atoms with E-state index >= 15 is 0 Å². The molecule has 0 aliphatic rings. The van der Waals surface area contributed by atoms with E-state index in [0.29, 0.717) is 11.2 Å². The third-order valence-electron chi connectivity index (χ3n) is 1.28. The molecule has 0 aliphatic heterocycles. The van der Waals surface area contributed by atoms with Gasteiger partial charge in [-0.05, 0) is 19.3 Å². The molecule has 0 aliphatic carbocycles. The van der Waals surface area contributed by atoms with Crippen molar-refractivity contribution in [2.24, 2.45) is 0 Å². The quantitative estimate of drug-likeness (QED) is 0.282. The summed E-state index contributed by atoms with van der Waals surface area (Å²) in [6, 6.07) is 0. The van der Waals surface area contributed by atoms with Crippen molar-refractivity contribution >= 4 is 22.2 Å². The van der Waals surface area contributed by atoms with Crippen LogP contribution in [-0.4, -0.2) is 11.1 Å². The van der Waals surface area contributed by atoms with Gasteiger partial charge in [0.25, 0.3) is 0 Å². The number of carbonyl (C=O) groups excluding carboxylic acids is 1. The van der Waals surface area contributed by atoms with Crippen LogP contribution in [0.2, 0.25) is 0 Å². The number of carbonyl (C=O) groups is 1. The molecule has 2 heteroatoms. The van der Waals surface area contributed by atoms with Crippen molar-refractivity contribution in [2.45, 2.75) is 30.5 Å². The summed E-state index contributed by atoms with van der Waals surface area (Å²) in [7, 11) is 0. The minimum atomic E-state index is 0.366. The molecule has 0 saturated carbocycles. The summed E-state index contributed by atoms with van der Waals surface area (Å²) in [5, 5.41) is 0. The van der Waals surface area contributed by atoms with Crippen LogP contribution in [0, 0.1) is 0 Å². The second kappa shape index (κ2) is 7.00. The lowest BCUT2D eigenvalue weighted by Crippen LogP contribution is -1.97. The van der Waals surface area contributed by atoms with Crippen LogP contribution in [0.3, 0.4) is 0 Å². The maximum absolute atomic E-state index is 10.00. The van der Waals surface area contributed by atoms with Crippen LogP contribution in [0.25, 0.3) is 0 Å². The van der Waals surface area contributed by atoms with Gasteiger partial charge in [0.05, 0.1) is 0 Å². The van der Waals surface area contributed by atoms with Crippen molar-refractivity contribution in [1.82, 2.24) is 0 Å². The Bertz CT molecular complexity index is 101. The Balaban J connectivity index is 3.11. The smallest absolute Gasteiger partial charge is 0.121 e. The van der Waals surface area contributed by atoms with E-state index < -0.39 is 0 Å². The van der Waals surface area contributed by atoms with E-state index in [4.69, 9.17) is 0 Å². The van der Waals surface area contributed by atoms with Gasteiger partial charge < -0.3 is 4.79 Å². The molecule has 0 rings (SSSR count). The van der Waals surface area contributed by atoms with Crippen LogP contribution in [0.4, 0.5) is 0 Å². The molecule has 0 amide bonds. The van der Waals surface area contributed by atoms with Crippen molar-refractivity contribution in [3.8, 4) is 0 Å². The summed E-state index contributed by atoms with van der Waals surface area (Å²) in [4.78, 5) is 10.4. The Labute approximate surface area is 70.6 Å². The minimum absolute atomic E-state index is 0.366. The van der Waals surface area contributed by atoms with E-state index in [1.54, 1.807) is 0 Å². The normalized spacial score (nSPS) is 12.5. The van der Waals surface area contributed by atoms with E-state index in [-0.39, 0.29) is 0 Å². The monoisotopic (exact) mass is 204 g/mol. The SMILES string of the molecule is C=CCCCC(Br)CC=O. The molecule has 10 heavy (non-hydrogen) atoms. The van der Waals surface area contributed by atoms with E-state index in [9.17, 15) is 4.79 Å². The fraction of sp³-hybridized carbons (Fsp3) is 0.625. The molecule has 0 saturated heterocycles. The van der Waals surface area contributed by atoms with E-state index in [1.807, 2.05) is 6.08 Å². The third kappa shape index (κ3) is 6.02. The number of rotatable bonds is 6. The van der Waals surface area contributed by atoms with Crippen LogP contribution in [0.1, 0.15) is 25.7 Å². The van der Waals surface area contributed by atoms with Gasteiger partial charge in [0.15, 0.2) is 0 Å². The molecule has 0 radical (unpaired) electrons. The molecule has 1 unspecified atom stereocenters. The van der Waals surface area contributed by atoms with Gasteiger partial charge in [0, 0.05) is 11.2 Å². The zero-order valence-electron chi connectivity index (χ0n) is 6.05. The molecule has 0 N–H and O–H groups in total. The molecule has 1 nitrogen and oxygen atoms in total. The van der Waals surface area contributed by atoms with Gasteiger partial charge in [-0.2, -0.15) is 0 Å². The zero-order valence-corrected chi connectivity index (χ0v) is 7.64. The van der Waals surface area contributed by atoms with Crippen LogP contribution < -0.4 is 0 Å². The Morgan fingerprint density at radius 2 is 2.30 bits per heavy atom. The number of halogens is 1. The van der Waals surface area contributed by atoms with Gasteiger partial charge in [-0.15, -0.1) is 6.58 Å². The average Bonchev–Trinajstić information content (AvgIpc) is 1.89. The van der Waals surface area contributed by atoms with Crippen LogP contribution in [0.15, 0.2) is 12.7 Å². The van der Waals surface area contributed by atoms with Crippen molar-refractivity contribution < 1.29 is 4.79 Å². The minimum Gasteiger partial charge on any atom is -0.303 e. The first-order valence-corrected chi connectivity index (χ1v) is 4.41. The highest BCUT2D eigenvalue weighted by molar-refractivity contribution is 9.09. The van der Waals surface area contributed by atoms with Gasteiger partial charge in [-0.25, -0.2) is 0 Å². The topological polar surface area (TPSA) is 17.1 Å². The largest absolute Gasteiger partial charge is 0.303 e. The van der Waals surface area contributed by atoms with Gasteiger partial charge in [-0.3, -0.25) is 0 Å². The summed E-state index contributed by atoms with van der Waals surface area (Å²) in [5.41, 5.74) is 0. The Kier molecular flexibility index (Phi) is 6.93. The second-order valence-corrected chi connectivity index (χ2v) is 3.51. The van der Waals surface area contributed by atoms with Crippen LogP contribution in [-0.2, 0) is 4.79 Å². The Morgan fingerprint density at radius 1 is 1.60 bits per heavy atom. The lowest BCUT2D eigenvalue weighted by molar-refractivity contribution is -0.107. The lowest BCUT2D eigenvalue weighted by Gasteiger charge is -2.02. The van der Waals surface area contributed by atoms with E-state index in [0.717, 1.165) is 25.5 Å². The predicted molar refractivity (Wildman–Crippen MR) is 47.4 cm³/mol. The molecule has 0 spiro atoms. The highest BCUT2D eigenvalue weighted by atomic mass is 79.9. The van der Waals surface area contributed by atoms with Gasteiger partial charge >= 0.3 is 0 Å². The molecule has 0 heterocycles. The van der Waals surface area contributed by atoms with E-state index in [1.165, 1.54) is 0 Å². The number of unbranched alkanes of at least 4 members (excludes halogenated alkanes) is 1. The van der Waals surface area contributed by atoms with Crippen molar-refractivity contribution in [1.29, 1.82) is 0 Å². The molecular formula is C8H13BrO. The molecule has 1 atom stereocenters. The summed E-state index contributed by atoms with van der Waals surface area (Å²) < 4.78 is 0. The van der Waals surface area contributed by atoms with Crippen molar-refractivity contribution in [2.75, 3.05) is 0 Å². The van der Waals surface area contributed by atoms with Gasteiger partial charge in [0.2, 0.25) is 0 Å². The van der Waals surface area contributed by atoms with Gasteiger partial charge in [0.1, 0.15) is 6.29 Å². The average molecular weight is 205 g/mol. The Hall–Kier alpha value is -0.110. The number of hydrogen-bond acceptors (Lipinski definition) is 1. The standard InChI is InChI=1S/C8H13BrO/c1-2-3-4-5-8(9)6-7-10/h2,7-8H,1,3-6H2. The maximum atomic E-state index is 10.00. The molecule has 0 fully saturated rings. The number of alkyl halides is 1. The first-order valence-electron chi connectivity index (χ1n) is 3.50. The maximum Gasteiger partial charge on any atom is 0.121 e. The summed E-state index contributed by atoms with van der Waals surface area (Å²) in [5.74, 6) is 0. The Morgan fingerprint density at radius 3 is 2.80 bits per heavy atom. The third-order valence-corrected chi connectivity index (χ3v) is 2.11. The highest BCUT2D eigenvalue weighted by Gasteiger charge is 2.00. The van der Waals surface area contributed by atoms with E-state index in [2.05, 4.69) is 22.5 Å². The molecular weight excluding hydrogens is 192 g/mol. The molecule has 0 bridgehead atoms. The number of hydrogen-bond donors (Lipinski definition) is 0. The number of allylic oxidation sites excluding steroid dienone is 1. The lowest BCUT2D eigenvalue weighted by atomic mass is 10.1. The highest BCUT2D eigenvalue weighted by Crippen LogP contribution is 2.12. The predicted octanol–water partition coefficient (Wildman–Crippen LogP) is 2.70. The second-order valence-electron chi connectivity index (χ2n) is 2.22. The summed E-state index contributed by atoms with van der Waals surface area (Å²) in [6.07, 6.45) is 6.70. The van der Waals surface area contributed by atoms with Crippen LogP contribution >= 0.6 is 15.9 Å². The summed E-state index contributed by atoms with van der Waals surface area (Å²) >= 11 is 3.40. The van der Waals surface area contributed by atoms with Crippen LogP contribution in [0.5, 0.6) is 0 Å². The van der Waals surface area contributed by atoms with Crippen molar-refractivity contribution in [3.63, 3.8) is 0 Å². The summed E-state index contributed by atoms with van der Waals surface area (Å²) in [6.45, 7) is 3.62. The van der Waals surface area contributed by atoms with Crippen molar-refractivity contribution in [3.05, 3.63) is 12.7 Å². The molecule has 0 aromatic carbocycles. The first kappa shape index (κ1) is 9.89.